The molecule has 0 aliphatic rings. The molecule has 0 heterocycles. The average molecular weight is 284 g/mol. The molecule has 0 aliphatic heterocycles. The fourth-order valence-electron chi connectivity index (χ4n) is 2.18. The van der Waals surface area contributed by atoms with Gasteiger partial charge in [-0.3, -0.25) is 4.79 Å². The molecule has 20 heavy (non-hydrogen) atoms. The summed E-state index contributed by atoms with van der Waals surface area (Å²) < 4.78 is 27.3. The van der Waals surface area contributed by atoms with Gasteiger partial charge in [0.25, 0.3) is 5.91 Å². The van der Waals surface area contributed by atoms with Gasteiger partial charge in [-0.05, 0) is 31.4 Å². The maximum absolute atomic E-state index is 13.7. The van der Waals surface area contributed by atoms with E-state index in [0.717, 1.165) is 18.6 Å². The molecule has 0 bridgehead atoms. The zero-order valence-corrected chi connectivity index (χ0v) is 12.6. The Morgan fingerprint density at radius 3 is 2.15 bits per heavy atom. The monoisotopic (exact) mass is 284 g/mol. The number of hydrogen-bond donors (Lipinski definition) is 1. The molecule has 1 N–H and O–H groups in total. The van der Waals surface area contributed by atoms with Crippen LogP contribution in [0.5, 0.6) is 0 Å². The fraction of sp³-hybridized carbons (Fsp3) is 0.533. The first-order valence-corrected chi connectivity index (χ1v) is 6.71. The summed E-state index contributed by atoms with van der Waals surface area (Å²) in [4.78, 5) is 13.8. The number of nitrogens with one attached hydrogen (secondary N) is 1. The van der Waals surface area contributed by atoms with Crippen LogP contribution in [0.1, 0.15) is 37.6 Å². The Kier molecular flexibility index (Phi) is 5.48. The third-order valence-corrected chi connectivity index (χ3v) is 3.33. The smallest absolute Gasteiger partial charge is 0.254 e. The normalized spacial score (nSPS) is 12.4. The molecular weight excluding hydrogens is 262 g/mol. The van der Waals surface area contributed by atoms with Gasteiger partial charge in [0.15, 0.2) is 0 Å². The summed E-state index contributed by atoms with van der Waals surface area (Å²) in [6.07, 6.45) is 0.835. The first-order valence-electron chi connectivity index (χ1n) is 6.71. The van der Waals surface area contributed by atoms with Crippen LogP contribution in [0.4, 0.5) is 14.5 Å². The van der Waals surface area contributed by atoms with E-state index < -0.39 is 11.6 Å². The Balaban J connectivity index is 2.98. The van der Waals surface area contributed by atoms with Crippen molar-refractivity contribution in [2.45, 2.75) is 33.2 Å². The van der Waals surface area contributed by atoms with E-state index in [9.17, 15) is 13.6 Å². The SMILES string of the molecule is CNc1c(F)cc(C(=O)N(C)C(C)CC(C)C)cc1F. The van der Waals surface area contributed by atoms with E-state index in [2.05, 4.69) is 19.2 Å². The predicted octanol–water partition coefficient (Wildman–Crippen LogP) is 3.51. The average Bonchev–Trinajstić information content (AvgIpc) is 2.35. The summed E-state index contributed by atoms with van der Waals surface area (Å²) in [5.41, 5.74) is -0.198. The summed E-state index contributed by atoms with van der Waals surface area (Å²) in [7, 11) is 3.08. The molecule has 0 saturated heterocycles. The van der Waals surface area contributed by atoms with Crippen LogP contribution in [-0.4, -0.2) is 30.9 Å². The van der Waals surface area contributed by atoms with Crippen LogP contribution in [0.15, 0.2) is 12.1 Å². The third-order valence-electron chi connectivity index (χ3n) is 3.33. The molecule has 0 radical (unpaired) electrons. The maximum Gasteiger partial charge on any atom is 0.254 e. The zero-order valence-electron chi connectivity index (χ0n) is 12.6. The van der Waals surface area contributed by atoms with Crippen molar-refractivity contribution in [3.63, 3.8) is 0 Å². The number of benzene rings is 1. The van der Waals surface area contributed by atoms with E-state index in [0.29, 0.717) is 5.92 Å². The molecule has 112 valence electrons. The van der Waals surface area contributed by atoms with E-state index in [1.54, 1.807) is 7.05 Å². The van der Waals surface area contributed by atoms with Crippen LogP contribution in [0.3, 0.4) is 0 Å². The second kappa shape index (κ2) is 6.68. The fourth-order valence-corrected chi connectivity index (χ4v) is 2.18. The number of anilines is 1. The molecule has 3 nitrogen and oxygen atoms in total. The number of carbonyl (C=O) groups excluding carboxylic acids is 1. The molecule has 1 unspecified atom stereocenters. The Hall–Kier alpha value is -1.65. The van der Waals surface area contributed by atoms with E-state index in [1.807, 2.05) is 6.92 Å². The van der Waals surface area contributed by atoms with Crippen LogP contribution in [-0.2, 0) is 0 Å². The number of hydrogen-bond acceptors (Lipinski definition) is 2. The lowest BCUT2D eigenvalue weighted by Gasteiger charge is -2.26. The van der Waals surface area contributed by atoms with Crippen molar-refractivity contribution in [1.29, 1.82) is 0 Å². The van der Waals surface area contributed by atoms with Gasteiger partial charge in [-0.25, -0.2) is 8.78 Å². The van der Waals surface area contributed by atoms with Crippen molar-refractivity contribution in [1.82, 2.24) is 4.90 Å². The molecule has 0 fully saturated rings. The van der Waals surface area contributed by atoms with Crippen LogP contribution < -0.4 is 5.32 Å². The van der Waals surface area contributed by atoms with Crippen LogP contribution in [0.2, 0.25) is 0 Å². The van der Waals surface area contributed by atoms with Crippen molar-refractivity contribution in [3.05, 3.63) is 29.3 Å². The minimum atomic E-state index is -0.763. The standard InChI is InChI=1S/C15H22F2N2O/c1-9(2)6-10(3)19(5)15(20)11-7-12(16)14(18-4)13(17)8-11/h7-10,18H,6H2,1-5H3. The Labute approximate surface area is 119 Å². The summed E-state index contributed by atoms with van der Waals surface area (Å²) in [6.45, 7) is 6.05. The maximum atomic E-state index is 13.7. The first-order chi connectivity index (χ1) is 9.27. The highest BCUT2D eigenvalue weighted by Gasteiger charge is 2.21. The molecule has 5 heteroatoms. The van der Waals surface area contributed by atoms with E-state index in [-0.39, 0.29) is 23.2 Å². The van der Waals surface area contributed by atoms with Gasteiger partial charge < -0.3 is 10.2 Å². The number of amides is 1. The molecule has 0 aliphatic carbocycles. The Morgan fingerprint density at radius 1 is 1.25 bits per heavy atom. The van der Waals surface area contributed by atoms with Gasteiger partial charge >= 0.3 is 0 Å². The number of halogens is 2. The van der Waals surface area contributed by atoms with E-state index in [1.165, 1.54) is 11.9 Å². The highest BCUT2D eigenvalue weighted by molar-refractivity contribution is 5.94. The summed E-state index contributed by atoms with van der Waals surface area (Å²) >= 11 is 0. The minimum absolute atomic E-state index is 0.0117. The zero-order chi connectivity index (χ0) is 15.4. The molecule has 1 rings (SSSR count). The van der Waals surface area contributed by atoms with Crippen molar-refractivity contribution in [2.75, 3.05) is 19.4 Å². The van der Waals surface area contributed by atoms with Crippen molar-refractivity contribution < 1.29 is 13.6 Å². The summed E-state index contributed by atoms with van der Waals surface area (Å²) in [5.74, 6) is -1.46. The molecule has 1 atom stereocenters. The van der Waals surface area contributed by atoms with Gasteiger partial charge in [-0.15, -0.1) is 0 Å². The molecule has 0 spiro atoms. The van der Waals surface area contributed by atoms with E-state index >= 15 is 0 Å². The topological polar surface area (TPSA) is 32.3 Å². The van der Waals surface area contributed by atoms with Crippen LogP contribution in [0, 0.1) is 17.6 Å². The molecule has 1 aromatic rings. The number of rotatable bonds is 5. The van der Waals surface area contributed by atoms with Gasteiger partial charge in [0.2, 0.25) is 0 Å². The van der Waals surface area contributed by atoms with Crippen LogP contribution in [0.25, 0.3) is 0 Å². The van der Waals surface area contributed by atoms with Crippen LogP contribution >= 0.6 is 0 Å². The number of carbonyl (C=O) groups is 1. The lowest BCUT2D eigenvalue weighted by molar-refractivity contribution is 0.0727. The van der Waals surface area contributed by atoms with Crippen molar-refractivity contribution in [3.8, 4) is 0 Å². The molecular formula is C15H22F2N2O. The molecule has 1 aromatic carbocycles. The second-order valence-corrected chi connectivity index (χ2v) is 5.46. The summed E-state index contributed by atoms with van der Waals surface area (Å²) in [5, 5.41) is 2.43. The Morgan fingerprint density at radius 2 is 1.75 bits per heavy atom. The van der Waals surface area contributed by atoms with Gasteiger partial charge in [0.05, 0.1) is 0 Å². The summed E-state index contributed by atoms with van der Waals surface area (Å²) in [6, 6.07) is 2.14. The van der Waals surface area contributed by atoms with E-state index in [4.69, 9.17) is 0 Å². The largest absolute Gasteiger partial charge is 0.383 e. The lowest BCUT2D eigenvalue weighted by Crippen LogP contribution is -2.36. The van der Waals surface area contributed by atoms with Gasteiger partial charge in [-0.2, -0.15) is 0 Å². The molecule has 0 saturated carbocycles. The highest BCUT2D eigenvalue weighted by Crippen LogP contribution is 2.22. The quantitative estimate of drug-likeness (QED) is 0.897. The van der Waals surface area contributed by atoms with Crippen molar-refractivity contribution in [2.24, 2.45) is 5.92 Å². The highest BCUT2D eigenvalue weighted by atomic mass is 19.1. The second-order valence-electron chi connectivity index (χ2n) is 5.46. The number of nitrogens with zero attached hydrogens (tertiary/aromatic N) is 1. The lowest BCUT2D eigenvalue weighted by atomic mass is 10.0. The molecule has 0 aromatic heterocycles. The van der Waals surface area contributed by atoms with Gasteiger partial charge in [0, 0.05) is 25.7 Å². The first kappa shape index (κ1) is 16.4. The third kappa shape index (κ3) is 3.68. The van der Waals surface area contributed by atoms with Crippen molar-refractivity contribution >= 4 is 11.6 Å². The predicted molar refractivity (Wildman–Crippen MR) is 76.9 cm³/mol. The Bertz CT molecular complexity index is 466. The van der Waals surface area contributed by atoms with Gasteiger partial charge in [0.1, 0.15) is 17.3 Å². The van der Waals surface area contributed by atoms with Gasteiger partial charge in [-0.1, -0.05) is 13.8 Å². The minimum Gasteiger partial charge on any atom is -0.383 e. The molecule has 1 amide bonds.